The van der Waals surface area contributed by atoms with Gasteiger partial charge in [-0.3, -0.25) is 4.79 Å². The van der Waals surface area contributed by atoms with Crippen LogP contribution in [-0.4, -0.2) is 26.7 Å². The maximum absolute atomic E-state index is 12.6. The van der Waals surface area contributed by atoms with Gasteiger partial charge in [-0.05, 0) is 37.1 Å². The van der Waals surface area contributed by atoms with Gasteiger partial charge in [0.15, 0.2) is 0 Å². The Bertz CT molecular complexity index is 735. The van der Waals surface area contributed by atoms with Gasteiger partial charge < -0.3 is 14.8 Å². The van der Waals surface area contributed by atoms with Crippen molar-refractivity contribution in [1.82, 2.24) is 5.32 Å². The lowest BCUT2D eigenvalue weighted by molar-refractivity contribution is 0.0942. The molecule has 1 aliphatic rings. The number of rotatable bonds is 6. The van der Waals surface area contributed by atoms with E-state index in [1.807, 2.05) is 36.4 Å². The highest BCUT2D eigenvalue weighted by atomic mass is 16.5. The molecule has 1 fully saturated rings. The number of benzene rings is 2. The molecule has 2 aromatic carbocycles. The van der Waals surface area contributed by atoms with E-state index in [4.69, 9.17) is 9.47 Å². The first-order chi connectivity index (χ1) is 12.2. The number of amides is 1. The van der Waals surface area contributed by atoms with Crippen LogP contribution >= 0.6 is 0 Å². The van der Waals surface area contributed by atoms with Gasteiger partial charge in [0, 0.05) is 23.1 Å². The fourth-order valence-electron chi connectivity index (χ4n) is 3.79. The van der Waals surface area contributed by atoms with Gasteiger partial charge in [-0.2, -0.15) is 0 Å². The van der Waals surface area contributed by atoms with E-state index in [2.05, 4.69) is 11.4 Å². The summed E-state index contributed by atoms with van der Waals surface area (Å²) in [5, 5.41) is 3.13. The highest BCUT2D eigenvalue weighted by Crippen LogP contribution is 2.44. The molecule has 25 heavy (non-hydrogen) atoms. The molecule has 1 saturated carbocycles. The summed E-state index contributed by atoms with van der Waals surface area (Å²) in [4.78, 5) is 12.6. The van der Waals surface area contributed by atoms with Gasteiger partial charge in [0.25, 0.3) is 5.91 Å². The molecule has 3 rings (SSSR count). The van der Waals surface area contributed by atoms with Gasteiger partial charge >= 0.3 is 0 Å². The second-order valence-corrected chi connectivity index (χ2v) is 6.60. The number of carbonyl (C=O) groups is 1. The average Bonchev–Trinajstić information content (AvgIpc) is 3.16. The number of nitrogens with one attached hydrogen (secondary N) is 1. The maximum atomic E-state index is 12.6. The third-order valence-corrected chi connectivity index (χ3v) is 5.16. The molecule has 1 amide bonds. The van der Waals surface area contributed by atoms with E-state index in [9.17, 15) is 4.79 Å². The standard InChI is InChI=1S/C21H25NO3/c1-24-17-9-7-8-16(14-17)20(23)22-15-21(12-5-6-13-21)18-10-3-4-11-19(18)25-2/h3-4,7-11,14H,5-6,12-13,15H2,1-2H3,(H,22,23). The van der Waals surface area contributed by atoms with Crippen molar-refractivity contribution in [2.24, 2.45) is 0 Å². The largest absolute Gasteiger partial charge is 0.497 e. The van der Waals surface area contributed by atoms with Gasteiger partial charge in [0.1, 0.15) is 11.5 Å². The molecule has 4 heteroatoms. The summed E-state index contributed by atoms with van der Waals surface area (Å²) in [5.41, 5.74) is 1.76. The predicted octanol–water partition coefficient (Wildman–Crippen LogP) is 3.95. The molecule has 2 aromatic rings. The van der Waals surface area contributed by atoms with Crippen LogP contribution in [0.2, 0.25) is 0 Å². The van der Waals surface area contributed by atoms with E-state index in [0.717, 1.165) is 18.6 Å². The van der Waals surface area contributed by atoms with Crippen LogP contribution in [0, 0.1) is 0 Å². The topological polar surface area (TPSA) is 47.6 Å². The number of carbonyl (C=O) groups excluding carboxylic acids is 1. The van der Waals surface area contributed by atoms with Crippen molar-refractivity contribution < 1.29 is 14.3 Å². The van der Waals surface area contributed by atoms with E-state index in [0.29, 0.717) is 17.9 Å². The zero-order chi connectivity index (χ0) is 17.7. The van der Waals surface area contributed by atoms with Gasteiger partial charge in [0.2, 0.25) is 0 Å². The summed E-state index contributed by atoms with van der Waals surface area (Å²) in [7, 11) is 3.31. The van der Waals surface area contributed by atoms with Crippen LogP contribution in [0.25, 0.3) is 0 Å². The van der Waals surface area contributed by atoms with Crippen LogP contribution in [0.1, 0.15) is 41.6 Å². The van der Waals surface area contributed by atoms with Crippen molar-refractivity contribution in [1.29, 1.82) is 0 Å². The van der Waals surface area contributed by atoms with Crippen LogP contribution in [0.15, 0.2) is 48.5 Å². The van der Waals surface area contributed by atoms with Crippen LogP contribution in [0.4, 0.5) is 0 Å². The number of methoxy groups -OCH3 is 2. The van der Waals surface area contributed by atoms with Crippen molar-refractivity contribution in [3.05, 3.63) is 59.7 Å². The molecule has 1 aliphatic carbocycles. The third-order valence-electron chi connectivity index (χ3n) is 5.16. The Hall–Kier alpha value is -2.49. The van der Waals surface area contributed by atoms with E-state index < -0.39 is 0 Å². The molecule has 0 radical (unpaired) electrons. The Morgan fingerprint density at radius 2 is 1.80 bits per heavy atom. The fourth-order valence-corrected chi connectivity index (χ4v) is 3.79. The first-order valence-electron chi connectivity index (χ1n) is 8.74. The molecule has 0 saturated heterocycles. The van der Waals surface area contributed by atoms with Crippen molar-refractivity contribution in [2.45, 2.75) is 31.1 Å². The van der Waals surface area contributed by atoms with Crippen LogP contribution in [0.3, 0.4) is 0 Å². The van der Waals surface area contributed by atoms with E-state index in [-0.39, 0.29) is 11.3 Å². The summed E-state index contributed by atoms with van der Waals surface area (Å²) >= 11 is 0. The monoisotopic (exact) mass is 339 g/mol. The number of hydrogen-bond donors (Lipinski definition) is 1. The lowest BCUT2D eigenvalue weighted by Crippen LogP contribution is -2.39. The molecule has 1 N–H and O–H groups in total. The van der Waals surface area contributed by atoms with Crippen molar-refractivity contribution in [3.63, 3.8) is 0 Å². The zero-order valence-electron chi connectivity index (χ0n) is 14.9. The van der Waals surface area contributed by atoms with Crippen LogP contribution in [-0.2, 0) is 5.41 Å². The molecule has 0 atom stereocenters. The molecule has 0 heterocycles. The second-order valence-electron chi connectivity index (χ2n) is 6.60. The van der Waals surface area contributed by atoms with Gasteiger partial charge in [0.05, 0.1) is 14.2 Å². The van der Waals surface area contributed by atoms with Crippen molar-refractivity contribution in [2.75, 3.05) is 20.8 Å². The van der Waals surface area contributed by atoms with Gasteiger partial charge in [-0.15, -0.1) is 0 Å². The quantitative estimate of drug-likeness (QED) is 0.867. The lowest BCUT2D eigenvalue weighted by atomic mass is 9.78. The third kappa shape index (κ3) is 3.63. The summed E-state index contributed by atoms with van der Waals surface area (Å²) in [5.74, 6) is 1.52. The molecular formula is C21H25NO3. The Morgan fingerprint density at radius 3 is 2.52 bits per heavy atom. The molecule has 0 aromatic heterocycles. The highest BCUT2D eigenvalue weighted by Gasteiger charge is 2.38. The minimum atomic E-state index is -0.0694. The van der Waals surface area contributed by atoms with Crippen molar-refractivity contribution in [3.8, 4) is 11.5 Å². The zero-order valence-corrected chi connectivity index (χ0v) is 14.9. The first-order valence-corrected chi connectivity index (χ1v) is 8.74. The predicted molar refractivity (Wildman–Crippen MR) is 98.5 cm³/mol. The molecule has 4 nitrogen and oxygen atoms in total. The Kier molecular flexibility index (Phi) is 5.27. The Balaban J connectivity index is 1.79. The SMILES string of the molecule is COc1cccc(C(=O)NCC2(c3ccccc3OC)CCCC2)c1. The number of para-hydroxylation sites is 1. The molecular weight excluding hydrogens is 314 g/mol. The molecule has 132 valence electrons. The van der Waals surface area contributed by atoms with Crippen LogP contribution in [0.5, 0.6) is 11.5 Å². The lowest BCUT2D eigenvalue weighted by Gasteiger charge is -2.31. The summed E-state index contributed by atoms with van der Waals surface area (Å²) in [6.45, 7) is 0.615. The normalized spacial score (nSPS) is 15.6. The summed E-state index contributed by atoms with van der Waals surface area (Å²) in [6, 6.07) is 15.4. The highest BCUT2D eigenvalue weighted by molar-refractivity contribution is 5.94. The Morgan fingerprint density at radius 1 is 1.04 bits per heavy atom. The number of ether oxygens (including phenoxy) is 2. The van der Waals surface area contributed by atoms with E-state index in [1.165, 1.54) is 18.4 Å². The van der Waals surface area contributed by atoms with E-state index in [1.54, 1.807) is 20.3 Å². The molecule has 0 unspecified atom stereocenters. The average molecular weight is 339 g/mol. The minimum absolute atomic E-state index is 0.0544. The first kappa shape index (κ1) is 17.3. The smallest absolute Gasteiger partial charge is 0.251 e. The maximum Gasteiger partial charge on any atom is 0.251 e. The minimum Gasteiger partial charge on any atom is -0.497 e. The molecule has 0 bridgehead atoms. The molecule has 0 aliphatic heterocycles. The molecule has 0 spiro atoms. The van der Waals surface area contributed by atoms with Crippen LogP contribution < -0.4 is 14.8 Å². The van der Waals surface area contributed by atoms with Crippen molar-refractivity contribution >= 4 is 5.91 Å². The number of hydrogen-bond acceptors (Lipinski definition) is 3. The Labute approximate surface area is 149 Å². The van der Waals surface area contributed by atoms with E-state index >= 15 is 0 Å². The van der Waals surface area contributed by atoms with Gasteiger partial charge in [-0.1, -0.05) is 37.1 Å². The summed E-state index contributed by atoms with van der Waals surface area (Å²) < 4.78 is 10.8. The van der Waals surface area contributed by atoms with Gasteiger partial charge in [-0.25, -0.2) is 0 Å². The fraction of sp³-hybridized carbons (Fsp3) is 0.381. The summed E-state index contributed by atoms with van der Waals surface area (Å²) in [6.07, 6.45) is 4.47. The second kappa shape index (κ2) is 7.60.